The number of halogens is 3. The van der Waals surface area contributed by atoms with Crippen molar-refractivity contribution in [1.29, 1.82) is 0 Å². The highest BCUT2D eigenvalue weighted by molar-refractivity contribution is 7.80. The number of likely N-dealkylation sites (N-methyl/N-ethyl adjacent to an activating group) is 1. The van der Waals surface area contributed by atoms with Gasteiger partial charge in [-0.3, -0.25) is 4.90 Å². The van der Waals surface area contributed by atoms with Crippen molar-refractivity contribution in [2.75, 3.05) is 32.7 Å². The third-order valence-electron chi connectivity index (χ3n) is 3.76. The SMILES string of the molecule is CCN(CC)C1CCN(CC(C(N)=S)C(F)(F)F)C1. The number of rotatable bonds is 6. The molecule has 0 spiro atoms. The van der Waals surface area contributed by atoms with E-state index >= 15 is 0 Å². The number of alkyl halides is 3. The van der Waals surface area contributed by atoms with Crippen LogP contribution in [-0.4, -0.2) is 59.7 Å². The van der Waals surface area contributed by atoms with Crippen LogP contribution in [0, 0.1) is 5.92 Å². The van der Waals surface area contributed by atoms with Crippen molar-refractivity contribution in [2.24, 2.45) is 11.7 Å². The molecule has 0 aliphatic carbocycles. The molecule has 19 heavy (non-hydrogen) atoms. The third kappa shape index (κ3) is 4.57. The van der Waals surface area contributed by atoms with Gasteiger partial charge in [0.15, 0.2) is 0 Å². The van der Waals surface area contributed by atoms with Crippen LogP contribution in [0.25, 0.3) is 0 Å². The van der Waals surface area contributed by atoms with Gasteiger partial charge in [-0.2, -0.15) is 13.2 Å². The van der Waals surface area contributed by atoms with E-state index in [1.54, 1.807) is 0 Å². The number of nitrogens with two attached hydrogens (primary N) is 1. The molecule has 0 aromatic heterocycles. The second kappa shape index (κ2) is 6.85. The summed E-state index contributed by atoms with van der Waals surface area (Å²) in [6, 6.07) is 0.343. The number of thiocarbonyl (C=S) groups is 1. The van der Waals surface area contributed by atoms with Crippen molar-refractivity contribution in [1.82, 2.24) is 9.80 Å². The third-order valence-corrected chi connectivity index (χ3v) is 4.04. The standard InChI is InChI=1S/C12H22F3N3S/c1-3-18(4-2)9-5-6-17(7-9)8-10(11(16)19)12(13,14)15/h9-10H,3-8H2,1-2H3,(H2,16,19). The Morgan fingerprint density at radius 2 is 2.00 bits per heavy atom. The maximum Gasteiger partial charge on any atom is 0.399 e. The first-order valence-corrected chi connectivity index (χ1v) is 7.02. The molecular weight excluding hydrogens is 275 g/mol. The lowest BCUT2D eigenvalue weighted by atomic mass is 10.1. The van der Waals surface area contributed by atoms with E-state index < -0.39 is 17.1 Å². The maximum absolute atomic E-state index is 12.8. The highest BCUT2D eigenvalue weighted by Crippen LogP contribution is 2.28. The second-order valence-corrected chi connectivity index (χ2v) is 5.39. The van der Waals surface area contributed by atoms with Crippen LogP contribution in [0.15, 0.2) is 0 Å². The average molecular weight is 297 g/mol. The average Bonchev–Trinajstić information content (AvgIpc) is 2.74. The van der Waals surface area contributed by atoms with Crippen LogP contribution in [0.1, 0.15) is 20.3 Å². The Morgan fingerprint density at radius 3 is 2.42 bits per heavy atom. The fraction of sp³-hybridized carbons (Fsp3) is 0.917. The van der Waals surface area contributed by atoms with Crippen molar-refractivity contribution in [3.63, 3.8) is 0 Å². The molecule has 0 amide bonds. The van der Waals surface area contributed by atoms with E-state index in [4.69, 9.17) is 5.73 Å². The highest BCUT2D eigenvalue weighted by atomic mass is 32.1. The zero-order chi connectivity index (χ0) is 14.6. The number of hydrogen-bond acceptors (Lipinski definition) is 3. The predicted molar refractivity (Wildman–Crippen MR) is 74.1 cm³/mol. The Kier molecular flexibility index (Phi) is 6.01. The Morgan fingerprint density at radius 1 is 1.42 bits per heavy atom. The first-order valence-electron chi connectivity index (χ1n) is 6.62. The van der Waals surface area contributed by atoms with Crippen molar-refractivity contribution >= 4 is 17.2 Å². The van der Waals surface area contributed by atoms with E-state index in [-0.39, 0.29) is 6.54 Å². The van der Waals surface area contributed by atoms with Crippen LogP contribution >= 0.6 is 12.2 Å². The molecule has 2 unspecified atom stereocenters. The molecule has 0 aromatic rings. The molecule has 1 fully saturated rings. The summed E-state index contributed by atoms with van der Waals surface area (Å²) in [6.45, 7) is 7.21. The molecule has 2 atom stereocenters. The molecule has 1 aliphatic rings. The summed E-state index contributed by atoms with van der Waals surface area (Å²) >= 11 is 4.55. The molecule has 1 saturated heterocycles. The van der Waals surface area contributed by atoms with Gasteiger partial charge in [0.1, 0.15) is 5.92 Å². The highest BCUT2D eigenvalue weighted by Gasteiger charge is 2.43. The number of likely N-dealkylation sites (tertiary alicyclic amines) is 1. The first kappa shape index (κ1) is 16.7. The van der Waals surface area contributed by atoms with E-state index in [2.05, 4.69) is 31.0 Å². The molecule has 0 saturated carbocycles. The lowest BCUT2D eigenvalue weighted by Gasteiger charge is -2.28. The van der Waals surface area contributed by atoms with Crippen LogP contribution in [0.4, 0.5) is 13.2 Å². The summed E-state index contributed by atoms with van der Waals surface area (Å²) in [4.78, 5) is 3.64. The van der Waals surface area contributed by atoms with Crippen LogP contribution in [0.3, 0.4) is 0 Å². The topological polar surface area (TPSA) is 32.5 Å². The molecule has 0 bridgehead atoms. The summed E-state index contributed by atoms with van der Waals surface area (Å²) in [5, 5.41) is 0. The maximum atomic E-state index is 12.8. The van der Waals surface area contributed by atoms with Gasteiger partial charge in [-0.1, -0.05) is 26.1 Å². The van der Waals surface area contributed by atoms with Gasteiger partial charge in [0.25, 0.3) is 0 Å². The molecule has 1 rings (SSSR count). The first-order chi connectivity index (χ1) is 8.79. The van der Waals surface area contributed by atoms with Gasteiger partial charge in [0.2, 0.25) is 0 Å². The van der Waals surface area contributed by atoms with Gasteiger partial charge in [-0.15, -0.1) is 0 Å². The molecule has 0 aromatic carbocycles. The van der Waals surface area contributed by atoms with Crippen molar-refractivity contribution in [2.45, 2.75) is 32.5 Å². The fourth-order valence-corrected chi connectivity index (χ4v) is 2.84. The normalized spacial score (nSPS) is 22.9. The minimum Gasteiger partial charge on any atom is -0.393 e. The van der Waals surface area contributed by atoms with Gasteiger partial charge in [0.05, 0.1) is 4.99 Å². The van der Waals surface area contributed by atoms with E-state index in [0.717, 1.165) is 19.5 Å². The van der Waals surface area contributed by atoms with Crippen molar-refractivity contribution in [3.05, 3.63) is 0 Å². The Bertz CT molecular complexity index is 305. The Labute approximate surface area is 117 Å². The van der Waals surface area contributed by atoms with E-state index in [1.807, 2.05) is 4.90 Å². The fourth-order valence-electron chi connectivity index (χ4n) is 2.63. The van der Waals surface area contributed by atoms with Crippen LogP contribution in [-0.2, 0) is 0 Å². The lowest BCUT2D eigenvalue weighted by Crippen LogP contribution is -2.44. The van der Waals surface area contributed by atoms with Gasteiger partial charge in [0, 0.05) is 19.1 Å². The van der Waals surface area contributed by atoms with Crippen molar-refractivity contribution in [3.8, 4) is 0 Å². The van der Waals surface area contributed by atoms with Crippen LogP contribution < -0.4 is 5.73 Å². The number of hydrogen-bond donors (Lipinski definition) is 1. The van der Waals surface area contributed by atoms with Crippen LogP contribution in [0.2, 0.25) is 0 Å². The van der Waals surface area contributed by atoms with Crippen molar-refractivity contribution < 1.29 is 13.2 Å². The van der Waals surface area contributed by atoms with Gasteiger partial charge in [-0.05, 0) is 26.1 Å². The largest absolute Gasteiger partial charge is 0.399 e. The second-order valence-electron chi connectivity index (χ2n) is 4.92. The molecule has 1 heterocycles. The Hall–Kier alpha value is -0.400. The lowest BCUT2D eigenvalue weighted by molar-refractivity contribution is -0.158. The van der Waals surface area contributed by atoms with E-state index in [1.165, 1.54) is 0 Å². The minimum absolute atomic E-state index is 0.114. The molecule has 2 N–H and O–H groups in total. The zero-order valence-corrected chi connectivity index (χ0v) is 12.2. The minimum atomic E-state index is -4.35. The molecular formula is C12H22F3N3S. The molecule has 112 valence electrons. The summed E-state index contributed by atoms with van der Waals surface area (Å²) in [6.07, 6.45) is -3.44. The quantitative estimate of drug-likeness (QED) is 0.759. The molecule has 7 heteroatoms. The zero-order valence-electron chi connectivity index (χ0n) is 11.4. The summed E-state index contributed by atoms with van der Waals surface area (Å²) in [7, 11) is 0. The number of nitrogens with zero attached hydrogens (tertiary/aromatic N) is 2. The summed E-state index contributed by atoms with van der Waals surface area (Å²) in [5.41, 5.74) is 5.22. The van der Waals surface area contributed by atoms with Crippen LogP contribution in [0.5, 0.6) is 0 Å². The van der Waals surface area contributed by atoms with Gasteiger partial charge in [-0.25, -0.2) is 0 Å². The van der Waals surface area contributed by atoms with Gasteiger partial charge < -0.3 is 10.6 Å². The summed E-state index contributed by atoms with van der Waals surface area (Å²) < 4.78 is 38.4. The molecule has 0 radical (unpaired) electrons. The van der Waals surface area contributed by atoms with Gasteiger partial charge >= 0.3 is 6.18 Å². The smallest absolute Gasteiger partial charge is 0.393 e. The monoisotopic (exact) mass is 297 g/mol. The Balaban J connectivity index is 2.57. The predicted octanol–water partition coefficient (Wildman–Crippen LogP) is 1.87. The summed E-state index contributed by atoms with van der Waals surface area (Å²) in [5.74, 6) is -1.70. The van der Waals surface area contributed by atoms with E-state index in [0.29, 0.717) is 19.1 Å². The van der Waals surface area contributed by atoms with E-state index in [9.17, 15) is 13.2 Å². The molecule has 1 aliphatic heterocycles. The molecule has 3 nitrogen and oxygen atoms in total.